The van der Waals surface area contributed by atoms with Crippen molar-refractivity contribution in [2.24, 2.45) is 5.92 Å². The van der Waals surface area contributed by atoms with Gasteiger partial charge in [-0.1, -0.05) is 39.2 Å². The predicted octanol–water partition coefficient (Wildman–Crippen LogP) is 4.25. The molecule has 0 atom stereocenters. The van der Waals surface area contributed by atoms with Crippen molar-refractivity contribution in [3.8, 4) is 0 Å². The maximum atomic E-state index is 4.59. The third-order valence-electron chi connectivity index (χ3n) is 3.55. The molecule has 0 amide bonds. The minimum Gasteiger partial charge on any atom is -0.312 e. The van der Waals surface area contributed by atoms with E-state index in [2.05, 4.69) is 36.3 Å². The second-order valence-corrected chi connectivity index (χ2v) is 7.16. The fourth-order valence-electron chi connectivity index (χ4n) is 2.50. The van der Waals surface area contributed by atoms with E-state index in [1.54, 1.807) is 0 Å². The molecule has 19 heavy (non-hydrogen) atoms. The monoisotopic (exact) mass is 278 g/mol. The maximum Gasteiger partial charge on any atom is 0.101 e. The second kappa shape index (κ2) is 7.91. The average molecular weight is 278 g/mol. The third-order valence-corrected chi connectivity index (χ3v) is 4.94. The lowest BCUT2D eigenvalue weighted by atomic mass is 10.0. The van der Waals surface area contributed by atoms with Gasteiger partial charge in [-0.25, -0.2) is 4.98 Å². The van der Waals surface area contributed by atoms with Gasteiger partial charge in [0.1, 0.15) is 5.03 Å². The van der Waals surface area contributed by atoms with E-state index in [1.165, 1.54) is 42.7 Å². The first-order chi connectivity index (χ1) is 9.25. The van der Waals surface area contributed by atoms with Crippen LogP contribution in [0.25, 0.3) is 0 Å². The lowest BCUT2D eigenvalue weighted by Gasteiger charge is -2.21. The molecule has 0 bridgehead atoms. The Morgan fingerprint density at radius 3 is 2.84 bits per heavy atom. The SMILES string of the molecule is CC(C)CNCc1cccnc1SC1CCCCC1. The standard InChI is InChI=1S/C16H26N2S/c1-13(2)11-17-12-14-7-6-10-18-16(14)19-15-8-4-3-5-9-15/h6-7,10,13,15,17H,3-5,8-9,11-12H2,1-2H3. The minimum absolute atomic E-state index is 0.700. The number of hydrogen-bond acceptors (Lipinski definition) is 3. The van der Waals surface area contributed by atoms with E-state index in [1.807, 2.05) is 18.0 Å². The van der Waals surface area contributed by atoms with E-state index in [9.17, 15) is 0 Å². The number of nitrogens with one attached hydrogen (secondary N) is 1. The molecule has 0 spiro atoms. The molecule has 1 saturated carbocycles. The van der Waals surface area contributed by atoms with Gasteiger partial charge in [0.25, 0.3) is 0 Å². The highest BCUT2D eigenvalue weighted by atomic mass is 32.2. The van der Waals surface area contributed by atoms with E-state index >= 15 is 0 Å². The van der Waals surface area contributed by atoms with E-state index in [-0.39, 0.29) is 0 Å². The van der Waals surface area contributed by atoms with Gasteiger partial charge >= 0.3 is 0 Å². The molecule has 0 unspecified atom stereocenters. The fraction of sp³-hybridized carbons (Fsp3) is 0.688. The molecular formula is C16H26N2S. The van der Waals surface area contributed by atoms with Crippen LogP contribution in [0.2, 0.25) is 0 Å². The van der Waals surface area contributed by atoms with Crippen LogP contribution in [-0.4, -0.2) is 16.8 Å². The van der Waals surface area contributed by atoms with E-state index < -0.39 is 0 Å². The zero-order chi connectivity index (χ0) is 13.5. The molecule has 0 aliphatic heterocycles. The van der Waals surface area contributed by atoms with Gasteiger partial charge in [-0.2, -0.15) is 0 Å². The van der Waals surface area contributed by atoms with Crippen molar-refractivity contribution in [2.75, 3.05) is 6.54 Å². The van der Waals surface area contributed by atoms with Crippen LogP contribution in [0.5, 0.6) is 0 Å². The van der Waals surface area contributed by atoms with Gasteiger partial charge in [-0.05, 0) is 36.9 Å². The van der Waals surface area contributed by atoms with Crippen LogP contribution in [0.1, 0.15) is 51.5 Å². The van der Waals surface area contributed by atoms with Gasteiger partial charge in [0.05, 0.1) is 0 Å². The van der Waals surface area contributed by atoms with E-state index in [0.29, 0.717) is 5.92 Å². The van der Waals surface area contributed by atoms with Crippen LogP contribution in [-0.2, 0) is 6.54 Å². The first-order valence-electron chi connectivity index (χ1n) is 7.57. The van der Waals surface area contributed by atoms with Gasteiger partial charge in [-0.3, -0.25) is 0 Å². The second-order valence-electron chi connectivity index (χ2n) is 5.87. The number of pyridine rings is 1. The third kappa shape index (κ3) is 5.15. The lowest BCUT2D eigenvalue weighted by Crippen LogP contribution is -2.19. The molecule has 1 heterocycles. The smallest absolute Gasteiger partial charge is 0.101 e. The topological polar surface area (TPSA) is 24.9 Å². The summed E-state index contributed by atoms with van der Waals surface area (Å²) in [5, 5.41) is 5.55. The molecule has 1 N–H and O–H groups in total. The predicted molar refractivity (Wildman–Crippen MR) is 83.5 cm³/mol. The molecule has 1 aromatic heterocycles. The zero-order valence-electron chi connectivity index (χ0n) is 12.2. The molecule has 106 valence electrons. The Balaban J connectivity index is 1.91. The summed E-state index contributed by atoms with van der Waals surface area (Å²) in [6, 6.07) is 4.27. The summed E-state index contributed by atoms with van der Waals surface area (Å²) in [6.45, 7) is 6.51. The summed E-state index contributed by atoms with van der Waals surface area (Å²) < 4.78 is 0. The number of hydrogen-bond donors (Lipinski definition) is 1. The van der Waals surface area contributed by atoms with E-state index in [0.717, 1.165) is 18.3 Å². The fourth-order valence-corrected chi connectivity index (χ4v) is 3.80. The molecule has 0 radical (unpaired) electrons. The average Bonchev–Trinajstić information content (AvgIpc) is 2.41. The van der Waals surface area contributed by atoms with Gasteiger partial charge < -0.3 is 5.32 Å². The first-order valence-corrected chi connectivity index (χ1v) is 8.45. The van der Waals surface area contributed by atoms with Crippen molar-refractivity contribution in [1.82, 2.24) is 10.3 Å². The normalized spacial score (nSPS) is 17.0. The Hall–Kier alpha value is -0.540. The van der Waals surface area contributed by atoms with Crippen LogP contribution in [0.4, 0.5) is 0 Å². The largest absolute Gasteiger partial charge is 0.312 e. The number of thioether (sulfide) groups is 1. The molecule has 3 heteroatoms. The summed E-state index contributed by atoms with van der Waals surface area (Å²) >= 11 is 2.00. The van der Waals surface area contributed by atoms with Crippen LogP contribution in [0.15, 0.2) is 23.4 Å². The molecule has 1 aromatic rings. The van der Waals surface area contributed by atoms with Crippen LogP contribution in [0, 0.1) is 5.92 Å². The molecule has 2 rings (SSSR count). The highest BCUT2D eigenvalue weighted by molar-refractivity contribution is 7.99. The number of aromatic nitrogens is 1. The molecule has 1 aliphatic rings. The van der Waals surface area contributed by atoms with Gasteiger partial charge in [0, 0.05) is 18.0 Å². The summed E-state index contributed by atoms with van der Waals surface area (Å²) in [5.74, 6) is 0.700. The van der Waals surface area contributed by atoms with Crippen LogP contribution >= 0.6 is 11.8 Å². The molecular weight excluding hydrogens is 252 g/mol. The van der Waals surface area contributed by atoms with Crippen molar-refractivity contribution in [1.29, 1.82) is 0 Å². The van der Waals surface area contributed by atoms with Crippen molar-refractivity contribution in [3.05, 3.63) is 23.9 Å². The summed E-state index contributed by atoms with van der Waals surface area (Å²) in [6.07, 6.45) is 8.86. The highest BCUT2D eigenvalue weighted by Gasteiger charge is 2.16. The molecule has 1 aliphatic carbocycles. The Morgan fingerprint density at radius 2 is 2.11 bits per heavy atom. The Morgan fingerprint density at radius 1 is 1.32 bits per heavy atom. The number of rotatable bonds is 6. The summed E-state index contributed by atoms with van der Waals surface area (Å²) in [5.41, 5.74) is 1.36. The molecule has 2 nitrogen and oxygen atoms in total. The number of nitrogens with zero attached hydrogens (tertiary/aromatic N) is 1. The van der Waals surface area contributed by atoms with Crippen molar-refractivity contribution < 1.29 is 0 Å². The van der Waals surface area contributed by atoms with Crippen molar-refractivity contribution in [3.63, 3.8) is 0 Å². The van der Waals surface area contributed by atoms with E-state index in [4.69, 9.17) is 0 Å². The van der Waals surface area contributed by atoms with Crippen LogP contribution < -0.4 is 5.32 Å². The summed E-state index contributed by atoms with van der Waals surface area (Å²) in [7, 11) is 0. The summed E-state index contributed by atoms with van der Waals surface area (Å²) in [4.78, 5) is 4.59. The van der Waals surface area contributed by atoms with Gasteiger partial charge in [0.2, 0.25) is 0 Å². The Bertz CT molecular complexity index is 373. The lowest BCUT2D eigenvalue weighted by molar-refractivity contribution is 0.515. The van der Waals surface area contributed by atoms with Gasteiger partial charge in [-0.15, -0.1) is 11.8 Å². The zero-order valence-corrected chi connectivity index (χ0v) is 13.0. The Labute approximate surface area is 121 Å². The van der Waals surface area contributed by atoms with Crippen molar-refractivity contribution >= 4 is 11.8 Å². The van der Waals surface area contributed by atoms with Crippen LogP contribution in [0.3, 0.4) is 0 Å². The highest BCUT2D eigenvalue weighted by Crippen LogP contribution is 2.33. The minimum atomic E-state index is 0.700. The Kier molecular flexibility index (Phi) is 6.18. The van der Waals surface area contributed by atoms with Gasteiger partial charge in [0.15, 0.2) is 0 Å². The first kappa shape index (κ1) is 14.9. The molecule has 0 saturated heterocycles. The molecule has 1 fully saturated rings. The maximum absolute atomic E-state index is 4.59. The van der Waals surface area contributed by atoms with Crippen molar-refractivity contribution in [2.45, 2.75) is 62.8 Å². The quantitative estimate of drug-likeness (QED) is 0.842. The molecule has 0 aromatic carbocycles.